The van der Waals surface area contributed by atoms with Crippen LogP contribution < -0.4 is 5.73 Å². The minimum absolute atomic E-state index is 0. The van der Waals surface area contributed by atoms with Gasteiger partial charge in [-0.05, 0) is 30.9 Å². The SMILES string of the molecule is CN(C(CN)C1CC1)S(=O)(=O)c1ccc(Cl)cc1[N+](=O)[O-].Cl. The molecule has 1 saturated carbocycles. The summed E-state index contributed by atoms with van der Waals surface area (Å²) in [6.45, 7) is 0.182. The highest BCUT2D eigenvalue weighted by molar-refractivity contribution is 7.89. The van der Waals surface area contributed by atoms with Crippen molar-refractivity contribution in [1.82, 2.24) is 4.31 Å². The van der Waals surface area contributed by atoms with E-state index in [0.29, 0.717) is 0 Å². The van der Waals surface area contributed by atoms with Gasteiger partial charge in [0.05, 0.1) is 4.92 Å². The average Bonchev–Trinajstić information content (AvgIpc) is 3.23. The fourth-order valence-corrected chi connectivity index (χ4v) is 4.03. The van der Waals surface area contributed by atoms with Crippen molar-refractivity contribution >= 4 is 39.7 Å². The topological polar surface area (TPSA) is 107 Å². The van der Waals surface area contributed by atoms with Crippen molar-refractivity contribution in [3.8, 4) is 0 Å². The molecule has 1 atom stereocenters. The lowest BCUT2D eigenvalue weighted by Crippen LogP contribution is -2.43. The van der Waals surface area contributed by atoms with Crippen LogP contribution in [0.25, 0.3) is 0 Å². The van der Waals surface area contributed by atoms with Crippen LogP contribution in [-0.2, 0) is 10.0 Å². The normalized spacial score (nSPS) is 16.2. The molecule has 7 nitrogen and oxygen atoms in total. The number of benzene rings is 1. The molecule has 10 heteroatoms. The highest BCUT2D eigenvalue weighted by Gasteiger charge is 2.40. The zero-order valence-electron chi connectivity index (χ0n) is 11.8. The zero-order valence-corrected chi connectivity index (χ0v) is 14.2. The van der Waals surface area contributed by atoms with Crippen molar-refractivity contribution < 1.29 is 13.3 Å². The second kappa shape index (κ2) is 7.10. The summed E-state index contributed by atoms with van der Waals surface area (Å²) in [7, 11) is -2.59. The largest absolute Gasteiger partial charge is 0.329 e. The van der Waals surface area contributed by atoms with Crippen LogP contribution in [0.3, 0.4) is 0 Å². The minimum atomic E-state index is -3.99. The summed E-state index contributed by atoms with van der Waals surface area (Å²) in [4.78, 5) is 9.96. The van der Waals surface area contributed by atoms with Crippen molar-refractivity contribution in [1.29, 1.82) is 0 Å². The van der Waals surface area contributed by atoms with Crippen LogP contribution in [0.15, 0.2) is 23.1 Å². The Labute approximate surface area is 140 Å². The molecule has 0 bridgehead atoms. The molecule has 0 heterocycles. The van der Waals surface area contributed by atoms with E-state index in [1.807, 2.05) is 0 Å². The molecule has 0 amide bonds. The summed E-state index contributed by atoms with van der Waals surface area (Å²) >= 11 is 5.71. The minimum Gasteiger partial charge on any atom is -0.329 e. The summed E-state index contributed by atoms with van der Waals surface area (Å²) in [5, 5.41) is 11.2. The van der Waals surface area contributed by atoms with Gasteiger partial charge in [0.1, 0.15) is 0 Å². The van der Waals surface area contributed by atoms with Crippen LogP contribution in [0.5, 0.6) is 0 Å². The smallest absolute Gasteiger partial charge is 0.290 e. The zero-order chi connectivity index (χ0) is 15.8. The van der Waals surface area contributed by atoms with Gasteiger partial charge >= 0.3 is 0 Å². The van der Waals surface area contributed by atoms with E-state index in [-0.39, 0.29) is 40.8 Å². The molecular weight excluding hydrogens is 353 g/mol. The Kier molecular flexibility index (Phi) is 6.17. The summed E-state index contributed by atoms with van der Waals surface area (Å²) in [6, 6.07) is 3.18. The molecule has 1 fully saturated rings. The van der Waals surface area contributed by atoms with Gasteiger partial charge in [0.25, 0.3) is 5.69 Å². The van der Waals surface area contributed by atoms with Gasteiger partial charge in [0.15, 0.2) is 4.90 Å². The molecular formula is C12H17Cl2N3O4S. The monoisotopic (exact) mass is 369 g/mol. The Balaban J connectivity index is 0.00000242. The van der Waals surface area contributed by atoms with Gasteiger partial charge in [0, 0.05) is 30.7 Å². The van der Waals surface area contributed by atoms with Gasteiger partial charge in [-0.2, -0.15) is 4.31 Å². The van der Waals surface area contributed by atoms with Crippen molar-refractivity contribution in [3.63, 3.8) is 0 Å². The van der Waals surface area contributed by atoms with Gasteiger partial charge < -0.3 is 5.73 Å². The maximum atomic E-state index is 12.6. The molecule has 1 unspecified atom stereocenters. The van der Waals surface area contributed by atoms with Crippen LogP contribution in [0.2, 0.25) is 5.02 Å². The Bertz CT molecular complexity index is 664. The van der Waals surface area contributed by atoms with E-state index in [1.54, 1.807) is 0 Å². The summed E-state index contributed by atoms with van der Waals surface area (Å²) in [5.74, 6) is 0.223. The van der Waals surface area contributed by atoms with E-state index in [0.717, 1.165) is 29.3 Å². The van der Waals surface area contributed by atoms with Crippen molar-refractivity contribution in [2.24, 2.45) is 11.7 Å². The number of nitro groups is 1. The van der Waals surface area contributed by atoms with Crippen LogP contribution in [0.4, 0.5) is 5.69 Å². The third kappa shape index (κ3) is 3.69. The van der Waals surface area contributed by atoms with Crippen LogP contribution in [-0.4, -0.2) is 37.3 Å². The average molecular weight is 370 g/mol. The number of likely N-dealkylation sites (N-methyl/N-ethyl adjacent to an activating group) is 1. The fourth-order valence-electron chi connectivity index (χ4n) is 2.30. The molecule has 0 aromatic heterocycles. The molecule has 2 N–H and O–H groups in total. The number of rotatable bonds is 6. The fraction of sp³-hybridized carbons (Fsp3) is 0.500. The molecule has 0 aliphatic heterocycles. The molecule has 0 radical (unpaired) electrons. The lowest BCUT2D eigenvalue weighted by Gasteiger charge is -2.26. The molecule has 0 spiro atoms. The van der Waals surface area contributed by atoms with Gasteiger partial charge in [0.2, 0.25) is 10.0 Å². The number of nitrogens with two attached hydrogens (primary N) is 1. The van der Waals surface area contributed by atoms with Crippen LogP contribution in [0, 0.1) is 16.0 Å². The second-order valence-corrected chi connectivity index (χ2v) is 7.43. The highest BCUT2D eigenvalue weighted by Crippen LogP contribution is 2.37. The first-order valence-electron chi connectivity index (χ1n) is 6.41. The first-order chi connectivity index (χ1) is 9.78. The molecule has 1 aromatic carbocycles. The van der Waals surface area contributed by atoms with E-state index in [4.69, 9.17) is 17.3 Å². The third-order valence-corrected chi connectivity index (χ3v) is 5.81. The number of nitro benzene ring substituents is 1. The number of hydrogen-bond acceptors (Lipinski definition) is 5. The lowest BCUT2D eigenvalue weighted by molar-refractivity contribution is -0.387. The molecule has 1 aliphatic carbocycles. The molecule has 0 saturated heterocycles. The molecule has 2 rings (SSSR count). The molecule has 1 aliphatic rings. The van der Waals surface area contributed by atoms with E-state index in [2.05, 4.69) is 0 Å². The summed E-state index contributed by atoms with van der Waals surface area (Å²) in [6.07, 6.45) is 1.84. The number of halogens is 2. The van der Waals surface area contributed by atoms with Gasteiger partial charge in [-0.3, -0.25) is 10.1 Å². The first kappa shape index (κ1) is 19.1. The Morgan fingerprint density at radius 3 is 2.55 bits per heavy atom. The Hall–Kier alpha value is -0.930. The van der Waals surface area contributed by atoms with Crippen LogP contribution >= 0.6 is 24.0 Å². The highest BCUT2D eigenvalue weighted by atomic mass is 35.5. The molecule has 22 heavy (non-hydrogen) atoms. The Morgan fingerprint density at radius 2 is 2.09 bits per heavy atom. The Morgan fingerprint density at radius 1 is 1.50 bits per heavy atom. The first-order valence-corrected chi connectivity index (χ1v) is 8.23. The summed E-state index contributed by atoms with van der Waals surface area (Å²) < 4.78 is 26.4. The van der Waals surface area contributed by atoms with E-state index in [9.17, 15) is 18.5 Å². The quantitative estimate of drug-likeness (QED) is 0.609. The van der Waals surface area contributed by atoms with Gasteiger partial charge in [-0.15, -0.1) is 12.4 Å². The van der Waals surface area contributed by atoms with Gasteiger partial charge in [-0.25, -0.2) is 8.42 Å². The molecule has 124 valence electrons. The molecule has 1 aromatic rings. The van der Waals surface area contributed by atoms with Gasteiger partial charge in [-0.1, -0.05) is 11.6 Å². The maximum Gasteiger partial charge on any atom is 0.290 e. The third-order valence-electron chi connectivity index (χ3n) is 3.65. The number of sulfonamides is 1. The summed E-state index contributed by atoms with van der Waals surface area (Å²) in [5.41, 5.74) is 5.12. The van der Waals surface area contributed by atoms with E-state index < -0.39 is 20.6 Å². The number of hydrogen-bond donors (Lipinski definition) is 1. The number of nitrogens with zero attached hydrogens (tertiary/aromatic N) is 2. The predicted octanol–water partition coefficient (Wildman–Crippen LogP) is 2.03. The predicted molar refractivity (Wildman–Crippen MR) is 85.9 cm³/mol. The standard InChI is InChI=1S/C12H16ClN3O4S.ClH/c1-15(11(7-14)8-2-3-8)21(19,20)12-5-4-9(13)6-10(12)16(17)18;/h4-6,8,11H,2-3,7,14H2,1H3;1H. The lowest BCUT2D eigenvalue weighted by atomic mass is 10.2. The van der Waals surface area contributed by atoms with E-state index in [1.165, 1.54) is 13.1 Å². The van der Waals surface area contributed by atoms with Crippen molar-refractivity contribution in [3.05, 3.63) is 33.3 Å². The van der Waals surface area contributed by atoms with Crippen molar-refractivity contribution in [2.75, 3.05) is 13.6 Å². The maximum absolute atomic E-state index is 12.6. The van der Waals surface area contributed by atoms with Crippen molar-refractivity contribution in [2.45, 2.75) is 23.8 Å². The second-order valence-electron chi connectivity index (χ2n) is 5.03. The van der Waals surface area contributed by atoms with Crippen LogP contribution in [0.1, 0.15) is 12.8 Å². The van der Waals surface area contributed by atoms with E-state index >= 15 is 0 Å².